The molecule has 0 aliphatic rings. The van der Waals surface area contributed by atoms with Crippen LogP contribution in [0, 0.1) is 0 Å². The summed E-state index contributed by atoms with van der Waals surface area (Å²) in [6.45, 7) is 1.98. The lowest BCUT2D eigenvalue weighted by atomic mass is 9.95. The van der Waals surface area contributed by atoms with Gasteiger partial charge in [0.15, 0.2) is 5.13 Å². The summed E-state index contributed by atoms with van der Waals surface area (Å²) in [7, 11) is -3.71. The summed E-state index contributed by atoms with van der Waals surface area (Å²) < 4.78 is 28.4. The van der Waals surface area contributed by atoms with Crippen LogP contribution in [0.1, 0.15) is 24.8 Å². The minimum absolute atomic E-state index is 0.0810. The van der Waals surface area contributed by atoms with Crippen molar-refractivity contribution in [3.05, 3.63) is 84.4 Å². The largest absolute Gasteiger partial charge is 0.326 e. The van der Waals surface area contributed by atoms with E-state index in [2.05, 4.69) is 15.0 Å². The van der Waals surface area contributed by atoms with Crippen molar-refractivity contribution in [2.24, 2.45) is 0 Å². The molecule has 3 aromatic carbocycles. The summed E-state index contributed by atoms with van der Waals surface area (Å²) in [6, 6.07) is 23.2. The molecule has 0 fully saturated rings. The Kier molecular flexibility index (Phi) is 6.01. The number of hydrogen-bond acceptors (Lipinski definition) is 5. The van der Waals surface area contributed by atoms with Crippen molar-refractivity contribution in [2.75, 3.05) is 10.0 Å². The van der Waals surface area contributed by atoms with Crippen LogP contribution in [-0.4, -0.2) is 19.3 Å². The molecule has 2 N–H and O–H groups in total. The highest BCUT2D eigenvalue weighted by atomic mass is 32.2. The molecule has 0 aliphatic carbocycles. The monoisotopic (exact) mass is 451 g/mol. The van der Waals surface area contributed by atoms with Gasteiger partial charge in [0, 0.05) is 5.69 Å². The second-order valence-electron chi connectivity index (χ2n) is 6.98. The van der Waals surface area contributed by atoms with Crippen molar-refractivity contribution in [1.29, 1.82) is 0 Å². The van der Waals surface area contributed by atoms with Crippen molar-refractivity contribution in [1.82, 2.24) is 4.98 Å². The molecule has 0 radical (unpaired) electrons. The molecule has 1 aromatic heterocycles. The Balaban J connectivity index is 1.53. The first-order valence-corrected chi connectivity index (χ1v) is 12.1. The first-order chi connectivity index (χ1) is 15.0. The van der Waals surface area contributed by atoms with Crippen LogP contribution < -0.4 is 10.0 Å². The number of aromatic nitrogens is 1. The fourth-order valence-corrected chi connectivity index (χ4v) is 5.47. The maximum absolute atomic E-state index is 12.8. The van der Waals surface area contributed by atoms with Gasteiger partial charge in [0.05, 0.1) is 21.0 Å². The van der Waals surface area contributed by atoms with E-state index in [4.69, 9.17) is 0 Å². The normalized spacial score (nSPS) is 12.4. The number of amides is 1. The molecular weight excluding hydrogens is 430 g/mol. The third-order valence-electron chi connectivity index (χ3n) is 4.86. The predicted molar refractivity (Wildman–Crippen MR) is 125 cm³/mol. The summed E-state index contributed by atoms with van der Waals surface area (Å²) in [5, 5.41) is 3.24. The van der Waals surface area contributed by atoms with E-state index in [9.17, 15) is 13.2 Å². The van der Waals surface area contributed by atoms with Gasteiger partial charge in [-0.1, -0.05) is 66.8 Å². The number of thiazole rings is 1. The topological polar surface area (TPSA) is 88.2 Å². The number of carbonyl (C=O) groups excluding carboxylic acids is 1. The van der Waals surface area contributed by atoms with Gasteiger partial charge in [-0.25, -0.2) is 13.4 Å². The molecule has 1 amide bonds. The van der Waals surface area contributed by atoms with Crippen LogP contribution in [-0.2, 0) is 14.8 Å². The zero-order valence-electron chi connectivity index (χ0n) is 16.8. The summed E-state index contributed by atoms with van der Waals surface area (Å²) in [5.41, 5.74) is 2.27. The van der Waals surface area contributed by atoms with Gasteiger partial charge in [0.1, 0.15) is 0 Å². The van der Waals surface area contributed by atoms with Crippen LogP contribution in [0.25, 0.3) is 10.2 Å². The summed E-state index contributed by atoms with van der Waals surface area (Å²) >= 11 is 1.22. The van der Waals surface area contributed by atoms with Crippen LogP contribution in [0.5, 0.6) is 0 Å². The average molecular weight is 452 g/mol. The van der Waals surface area contributed by atoms with Gasteiger partial charge in [0.2, 0.25) is 5.91 Å². The predicted octanol–water partition coefficient (Wildman–Crippen LogP) is 5.23. The third-order valence-corrected chi connectivity index (χ3v) is 7.28. The van der Waals surface area contributed by atoms with E-state index in [0.29, 0.717) is 17.6 Å². The van der Waals surface area contributed by atoms with Crippen molar-refractivity contribution in [3.63, 3.8) is 0 Å². The molecule has 8 heteroatoms. The molecule has 0 bridgehead atoms. The maximum atomic E-state index is 12.8. The van der Waals surface area contributed by atoms with Crippen LogP contribution in [0.2, 0.25) is 0 Å². The molecule has 0 spiro atoms. The maximum Gasteiger partial charge on any atom is 0.263 e. The van der Waals surface area contributed by atoms with E-state index in [0.717, 1.165) is 10.3 Å². The summed E-state index contributed by atoms with van der Waals surface area (Å²) in [6.07, 6.45) is 0.685. The van der Waals surface area contributed by atoms with Crippen molar-refractivity contribution >= 4 is 48.3 Å². The highest BCUT2D eigenvalue weighted by Gasteiger charge is 2.19. The van der Waals surface area contributed by atoms with Crippen LogP contribution >= 0.6 is 11.3 Å². The Morgan fingerprint density at radius 2 is 1.68 bits per heavy atom. The molecular formula is C23H21N3O3S2. The van der Waals surface area contributed by atoms with Crippen molar-refractivity contribution in [2.45, 2.75) is 24.2 Å². The third kappa shape index (κ3) is 4.76. The highest BCUT2D eigenvalue weighted by Crippen LogP contribution is 2.30. The molecule has 31 heavy (non-hydrogen) atoms. The Morgan fingerprint density at radius 1 is 1.00 bits per heavy atom. The van der Waals surface area contributed by atoms with Crippen LogP contribution in [0.3, 0.4) is 0 Å². The zero-order chi connectivity index (χ0) is 21.8. The summed E-state index contributed by atoms with van der Waals surface area (Å²) in [4.78, 5) is 17.3. The Hall–Kier alpha value is -3.23. The first kappa shape index (κ1) is 21.0. The molecule has 6 nitrogen and oxygen atoms in total. The van der Waals surface area contributed by atoms with Gasteiger partial charge in [-0.2, -0.15) is 0 Å². The molecule has 4 aromatic rings. The molecule has 4 rings (SSSR count). The lowest BCUT2D eigenvalue weighted by Gasteiger charge is -2.15. The molecule has 158 valence electrons. The molecule has 1 atom stereocenters. The Bertz CT molecular complexity index is 1300. The summed E-state index contributed by atoms with van der Waals surface area (Å²) in [5.74, 6) is -0.325. The van der Waals surface area contributed by atoms with Crippen molar-refractivity contribution in [3.8, 4) is 0 Å². The highest BCUT2D eigenvalue weighted by molar-refractivity contribution is 7.93. The lowest BCUT2D eigenvalue weighted by Crippen LogP contribution is -2.20. The fourth-order valence-electron chi connectivity index (χ4n) is 3.31. The van der Waals surface area contributed by atoms with E-state index in [1.54, 1.807) is 30.3 Å². The van der Waals surface area contributed by atoms with E-state index in [1.165, 1.54) is 23.5 Å². The molecule has 1 unspecified atom stereocenters. The standard InChI is InChI=1S/C23H21N3O3S2/c1-2-19(16-9-5-3-6-10-16)22(27)24-17-13-14-20-21(15-17)30-23(25-20)26-31(28,29)18-11-7-4-8-12-18/h3-15,19H,2H2,1H3,(H,24,27)(H,25,26). The van der Waals surface area contributed by atoms with E-state index in [-0.39, 0.29) is 21.9 Å². The van der Waals surface area contributed by atoms with Gasteiger partial charge < -0.3 is 5.32 Å². The molecule has 1 heterocycles. The molecule has 0 saturated carbocycles. The van der Waals surface area contributed by atoms with Crippen molar-refractivity contribution < 1.29 is 13.2 Å². The number of hydrogen-bond donors (Lipinski definition) is 2. The smallest absolute Gasteiger partial charge is 0.263 e. The number of anilines is 2. The molecule has 0 saturated heterocycles. The van der Waals surface area contributed by atoms with Crippen LogP contribution in [0.15, 0.2) is 83.8 Å². The minimum atomic E-state index is -3.71. The Labute approximate surface area is 185 Å². The minimum Gasteiger partial charge on any atom is -0.326 e. The SMILES string of the molecule is CCC(C(=O)Nc1ccc2nc(NS(=O)(=O)c3ccccc3)sc2c1)c1ccccc1. The number of nitrogens with zero attached hydrogens (tertiary/aromatic N) is 1. The number of sulfonamides is 1. The lowest BCUT2D eigenvalue weighted by molar-refractivity contribution is -0.117. The molecule has 0 aliphatic heterocycles. The fraction of sp³-hybridized carbons (Fsp3) is 0.130. The number of fused-ring (bicyclic) bond motifs is 1. The Morgan fingerprint density at radius 3 is 2.35 bits per heavy atom. The van der Waals surface area contributed by atoms with Gasteiger partial charge in [0.25, 0.3) is 10.0 Å². The van der Waals surface area contributed by atoms with Gasteiger partial charge in [-0.3, -0.25) is 9.52 Å². The zero-order valence-corrected chi connectivity index (χ0v) is 18.4. The number of nitrogens with one attached hydrogen (secondary N) is 2. The van der Waals surface area contributed by atoms with Gasteiger partial charge in [-0.15, -0.1) is 0 Å². The van der Waals surface area contributed by atoms with E-state index < -0.39 is 10.0 Å². The van der Waals surface area contributed by atoms with Crippen LogP contribution in [0.4, 0.5) is 10.8 Å². The van der Waals surface area contributed by atoms with Gasteiger partial charge in [-0.05, 0) is 42.3 Å². The second-order valence-corrected chi connectivity index (χ2v) is 9.69. The average Bonchev–Trinajstić information content (AvgIpc) is 3.16. The number of carbonyl (C=O) groups is 1. The number of benzene rings is 3. The van der Waals surface area contributed by atoms with Gasteiger partial charge >= 0.3 is 0 Å². The number of rotatable bonds is 7. The van der Waals surface area contributed by atoms with E-state index >= 15 is 0 Å². The quantitative estimate of drug-likeness (QED) is 0.403. The first-order valence-electron chi connectivity index (χ1n) is 9.80. The second kappa shape index (κ2) is 8.87. The van der Waals surface area contributed by atoms with E-state index in [1.807, 2.05) is 43.3 Å².